The first-order valence-corrected chi connectivity index (χ1v) is 5.49. The van der Waals surface area contributed by atoms with Crippen molar-refractivity contribution in [1.29, 1.82) is 0 Å². The molecule has 0 aromatic rings. The number of carboxylic acid groups (broad SMARTS) is 1. The van der Waals surface area contributed by atoms with Crippen molar-refractivity contribution in [3.63, 3.8) is 0 Å². The number of carbonyl (C=O) groups is 1. The fourth-order valence-electron chi connectivity index (χ4n) is 1.21. The van der Waals surface area contributed by atoms with Crippen LogP contribution in [0.25, 0.3) is 0 Å². The number of hydrogen-bond acceptors (Lipinski definition) is 5. The van der Waals surface area contributed by atoms with Crippen molar-refractivity contribution in [2.24, 2.45) is 0 Å². The highest BCUT2D eigenvalue weighted by Gasteiger charge is 2.37. The van der Waals surface area contributed by atoms with Crippen LogP contribution in [0, 0.1) is 0 Å². The summed E-state index contributed by atoms with van der Waals surface area (Å²) in [6.07, 6.45) is -2.28. The second-order valence-electron chi connectivity index (χ2n) is 3.10. The van der Waals surface area contributed by atoms with Gasteiger partial charge in [0.05, 0.1) is 12.2 Å². The molecule has 0 spiro atoms. The predicted octanol–water partition coefficient (Wildman–Crippen LogP) is -2.56. The van der Waals surface area contributed by atoms with Gasteiger partial charge in [-0.05, 0) is 0 Å². The Bertz CT molecular complexity index is 315. The third kappa shape index (κ3) is 2.41. The molecular weight excluding hydrogens is 214 g/mol. The zero-order valence-corrected chi connectivity index (χ0v) is 8.01. The Morgan fingerprint density at radius 2 is 1.71 bits per heavy atom. The summed E-state index contributed by atoms with van der Waals surface area (Å²) in [7, 11) is -3.91. The molecule has 14 heavy (non-hydrogen) atoms. The van der Waals surface area contributed by atoms with Crippen LogP contribution in [0.15, 0.2) is 0 Å². The van der Waals surface area contributed by atoms with Crippen LogP contribution in [-0.2, 0) is 14.8 Å². The van der Waals surface area contributed by atoms with E-state index in [2.05, 4.69) is 0 Å². The third-order valence-corrected chi connectivity index (χ3v) is 3.62. The molecule has 3 N–H and O–H groups in total. The monoisotopic (exact) mass is 225 g/mol. The van der Waals surface area contributed by atoms with Crippen molar-refractivity contribution in [2.45, 2.75) is 12.2 Å². The van der Waals surface area contributed by atoms with Gasteiger partial charge in [-0.25, -0.2) is 8.42 Å². The summed E-state index contributed by atoms with van der Waals surface area (Å²) in [4.78, 5) is 10.2. The number of aliphatic hydroxyl groups excluding tert-OH is 2. The summed E-state index contributed by atoms with van der Waals surface area (Å²) < 4.78 is 23.3. The number of aliphatic hydroxyl groups is 2. The van der Waals surface area contributed by atoms with E-state index in [1.807, 2.05) is 0 Å². The molecule has 82 valence electrons. The second kappa shape index (κ2) is 3.81. The zero-order chi connectivity index (χ0) is 10.9. The maximum Gasteiger partial charge on any atom is 0.320 e. The molecule has 1 fully saturated rings. The molecule has 0 bridgehead atoms. The Balaban J connectivity index is 2.71. The summed E-state index contributed by atoms with van der Waals surface area (Å²) in [5.41, 5.74) is 0. The van der Waals surface area contributed by atoms with Crippen LogP contribution in [0.1, 0.15) is 0 Å². The van der Waals surface area contributed by atoms with Gasteiger partial charge in [-0.2, -0.15) is 4.31 Å². The molecule has 0 amide bonds. The number of rotatable bonds is 3. The van der Waals surface area contributed by atoms with Crippen molar-refractivity contribution in [1.82, 2.24) is 4.31 Å². The third-order valence-electron chi connectivity index (χ3n) is 1.92. The number of nitrogens with zero attached hydrogens (tertiary/aromatic N) is 1. The molecule has 0 radical (unpaired) electrons. The van der Waals surface area contributed by atoms with Gasteiger partial charge in [0.25, 0.3) is 0 Å². The van der Waals surface area contributed by atoms with Crippen molar-refractivity contribution < 1.29 is 28.5 Å². The van der Waals surface area contributed by atoms with E-state index in [9.17, 15) is 13.2 Å². The molecule has 1 aliphatic heterocycles. The van der Waals surface area contributed by atoms with E-state index in [1.165, 1.54) is 0 Å². The van der Waals surface area contributed by atoms with Crippen LogP contribution in [0.2, 0.25) is 0 Å². The highest BCUT2D eigenvalue weighted by atomic mass is 32.2. The Morgan fingerprint density at radius 1 is 1.29 bits per heavy atom. The van der Waals surface area contributed by atoms with Gasteiger partial charge < -0.3 is 15.3 Å². The predicted molar refractivity (Wildman–Crippen MR) is 45.0 cm³/mol. The summed E-state index contributed by atoms with van der Waals surface area (Å²) in [5, 5.41) is 26.4. The molecule has 1 aliphatic rings. The highest BCUT2D eigenvalue weighted by molar-refractivity contribution is 7.89. The normalized spacial score (nSPS) is 29.3. The van der Waals surface area contributed by atoms with Gasteiger partial charge in [-0.1, -0.05) is 0 Å². The Hall–Kier alpha value is -0.700. The van der Waals surface area contributed by atoms with E-state index < -0.39 is 34.0 Å². The van der Waals surface area contributed by atoms with Crippen molar-refractivity contribution in [3.8, 4) is 0 Å². The summed E-state index contributed by atoms with van der Waals surface area (Å²) in [5.74, 6) is -2.48. The molecule has 1 heterocycles. The molecular formula is C6H11NO6S. The molecule has 0 unspecified atom stereocenters. The lowest BCUT2D eigenvalue weighted by molar-refractivity contribution is -0.134. The first-order valence-electron chi connectivity index (χ1n) is 3.88. The van der Waals surface area contributed by atoms with E-state index in [-0.39, 0.29) is 13.1 Å². The standard InChI is InChI=1S/C6H11NO6S/c8-4-1-7(2-5(4)9)14(12,13)3-6(10)11/h4-5,8-9H,1-3H2,(H,10,11)/t4-,5+. The lowest BCUT2D eigenvalue weighted by atomic mass is 10.3. The molecule has 8 heteroatoms. The van der Waals surface area contributed by atoms with E-state index >= 15 is 0 Å². The molecule has 2 atom stereocenters. The maximum atomic E-state index is 11.3. The Kier molecular flexibility index (Phi) is 3.10. The molecule has 0 aromatic carbocycles. The van der Waals surface area contributed by atoms with Gasteiger partial charge in [0.1, 0.15) is 0 Å². The average Bonchev–Trinajstić information content (AvgIpc) is 2.30. The average molecular weight is 225 g/mol. The fraction of sp³-hybridized carbons (Fsp3) is 0.833. The van der Waals surface area contributed by atoms with Crippen molar-refractivity contribution in [2.75, 3.05) is 18.8 Å². The molecule has 0 saturated carbocycles. The van der Waals surface area contributed by atoms with E-state index in [0.29, 0.717) is 0 Å². The van der Waals surface area contributed by atoms with Gasteiger partial charge in [0, 0.05) is 13.1 Å². The van der Waals surface area contributed by atoms with Gasteiger partial charge >= 0.3 is 5.97 Å². The topological polar surface area (TPSA) is 115 Å². The molecule has 7 nitrogen and oxygen atoms in total. The molecule has 1 rings (SSSR count). The quantitative estimate of drug-likeness (QED) is 0.486. The zero-order valence-electron chi connectivity index (χ0n) is 7.20. The summed E-state index contributed by atoms with van der Waals surface area (Å²) >= 11 is 0. The molecule has 1 saturated heterocycles. The minimum atomic E-state index is -3.91. The molecule has 0 aromatic heterocycles. The van der Waals surface area contributed by atoms with Gasteiger partial charge in [-0.3, -0.25) is 4.79 Å². The Labute approximate surface area is 80.6 Å². The number of hydrogen-bond donors (Lipinski definition) is 3. The lowest BCUT2D eigenvalue weighted by Gasteiger charge is -2.13. The van der Waals surface area contributed by atoms with Crippen LogP contribution in [0.3, 0.4) is 0 Å². The van der Waals surface area contributed by atoms with Gasteiger partial charge in [0.15, 0.2) is 5.75 Å². The highest BCUT2D eigenvalue weighted by Crippen LogP contribution is 2.14. The SMILES string of the molecule is O=C(O)CS(=O)(=O)N1C[C@@H](O)[C@@H](O)C1. The minimum absolute atomic E-state index is 0.253. The van der Waals surface area contributed by atoms with Gasteiger partial charge in [-0.15, -0.1) is 0 Å². The molecule has 0 aliphatic carbocycles. The van der Waals surface area contributed by atoms with Gasteiger partial charge in [0.2, 0.25) is 10.0 Å². The summed E-state index contributed by atoms with van der Waals surface area (Å²) in [6, 6.07) is 0. The number of β-amino-alcohol motifs (C(OH)–C–C–N with tert-alkyl or cyclic N) is 2. The number of carboxylic acids is 1. The van der Waals surface area contributed by atoms with E-state index in [0.717, 1.165) is 4.31 Å². The smallest absolute Gasteiger partial charge is 0.320 e. The van der Waals surface area contributed by atoms with Crippen LogP contribution in [0.5, 0.6) is 0 Å². The number of sulfonamides is 1. The van der Waals surface area contributed by atoms with Crippen molar-refractivity contribution in [3.05, 3.63) is 0 Å². The van der Waals surface area contributed by atoms with Crippen LogP contribution >= 0.6 is 0 Å². The largest absolute Gasteiger partial charge is 0.480 e. The first kappa shape index (κ1) is 11.4. The maximum absolute atomic E-state index is 11.3. The van der Waals surface area contributed by atoms with Crippen LogP contribution in [0.4, 0.5) is 0 Å². The van der Waals surface area contributed by atoms with Crippen LogP contribution < -0.4 is 0 Å². The van der Waals surface area contributed by atoms with Crippen molar-refractivity contribution >= 4 is 16.0 Å². The summed E-state index contributed by atoms with van der Waals surface area (Å²) in [6.45, 7) is -0.506. The second-order valence-corrected chi connectivity index (χ2v) is 5.07. The fourth-order valence-corrected chi connectivity index (χ4v) is 2.46. The van der Waals surface area contributed by atoms with E-state index in [1.54, 1.807) is 0 Å². The lowest BCUT2D eigenvalue weighted by Crippen LogP contribution is -2.34. The number of aliphatic carboxylic acids is 1. The van der Waals surface area contributed by atoms with E-state index in [4.69, 9.17) is 15.3 Å². The first-order chi connectivity index (χ1) is 6.33. The minimum Gasteiger partial charge on any atom is -0.480 e. The van der Waals surface area contributed by atoms with Crippen LogP contribution in [-0.4, -0.2) is 65.1 Å². The Morgan fingerprint density at radius 3 is 2.07 bits per heavy atom.